The molecule has 0 aliphatic carbocycles. The number of aryl methyl sites for hydroxylation is 1. The summed E-state index contributed by atoms with van der Waals surface area (Å²) in [5, 5.41) is 0. The fourth-order valence-corrected chi connectivity index (χ4v) is 3.29. The molecule has 88 valence electrons. The van der Waals surface area contributed by atoms with E-state index in [-0.39, 0.29) is 4.83 Å². The molecule has 0 saturated carbocycles. The van der Waals surface area contributed by atoms with Crippen LogP contribution >= 0.6 is 31.9 Å². The van der Waals surface area contributed by atoms with E-state index >= 15 is 0 Å². The van der Waals surface area contributed by atoms with Crippen LogP contribution in [0.2, 0.25) is 0 Å². The zero-order valence-corrected chi connectivity index (χ0v) is 12.7. The van der Waals surface area contributed by atoms with Crippen molar-refractivity contribution in [2.75, 3.05) is 0 Å². The standard InChI is InChI=1S/C14H13Br2N/c1-10-5-4-7-12(14(10)16)13(15)9-11-6-2-3-8-17-11/h2-8,13H,9H2,1H3. The smallest absolute Gasteiger partial charge is 0.0461 e. The van der Waals surface area contributed by atoms with Gasteiger partial charge in [-0.1, -0.05) is 56.1 Å². The number of alkyl halides is 1. The van der Waals surface area contributed by atoms with Gasteiger partial charge < -0.3 is 0 Å². The lowest BCUT2D eigenvalue weighted by Crippen LogP contribution is -1.99. The summed E-state index contributed by atoms with van der Waals surface area (Å²) in [5.74, 6) is 0. The van der Waals surface area contributed by atoms with Crippen LogP contribution in [0.1, 0.15) is 21.6 Å². The molecule has 1 atom stereocenters. The molecule has 0 radical (unpaired) electrons. The van der Waals surface area contributed by atoms with Gasteiger partial charge in [-0.15, -0.1) is 0 Å². The Morgan fingerprint density at radius 2 is 2.00 bits per heavy atom. The molecule has 0 spiro atoms. The predicted molar refractivity (Wildman–Crippen MR) is 78.5 cm³/mol. The highest BCUT2D eigenvalue weighted by atomic mass is 79.9. The number of halogens is 2. The molecule has 0 aliphatic heterocycles. The molecule has 1 nitrogen and oxygen atoms in total. The van der Waals surface area contributed by atoms with E-state index in [0.717, 1.165) is 12.1 Å². The number of pyridine rings is 1. The van der Waals surface area contributed by atoms with Crippen molar-refractivity contribution in [1.29, 1.82) is 0 Å². The molecule has 0 bridgehead atoms. The van der Waals surface area contributed by atoms with Gasteiger partial charge in [-0.3, -0.25) is 4.98 Å². The molecule has 0 saturated heterocycles. The van der Waals surface area contributed by atoms with Gasteiger partial charge in [0.25, 0.3) is 0 Å². The van der Waals surface area contributed by atoms with E-state index < -0.39 is 0 Å². The van der Waals surface area contributed by atoms with Crippen LogP contribution in [0.25, 0.3) is 0 Å². The molecule has 0 aliphatic rings. The minimum absolute atomic E-state index is 0.284. The lowest BCUT2D eigenvalue weighted by molar-refractivity contribution is 0.899. The van der Waals surface area contributed by atoms with Gasteiger partial charge in [0, 0.05) is 27.6 Å². The monoisotopic (exact) mass is 353 g/mol. The molecule has 0 amide bonds. The average Bonchev–Trinajstić information content (AvgIpc) is 2.34. The van der Waals surface area contributed by atoms with Crippen LogP contribution in [0.4, 0.5) is 0 Å². The molecule has 3 heteroatoms. The van der Waals surface area contributed by atoms with Crippen molar-refractivity contribution in [3.05, 3.63) is 63.9 Å². The lowest BCUT2D eigenvalue weighted by Gasteiger charge is -2.13. The van der Waals surface area contributed by atoms with Gasteiger partial charge in [-0.25, -0.2) is 0 Å². The second-order valence-electron chi connectivity index (χ2n) is 3.97. The van der Waals surface area contributed by atoms with Crippen molar-refractivity contribution in [3.8, 4) is 0 Å². The zero-order valence-electron chi connectivity index (χ0n) is 9.53. The Balaban J connectivity index is 2.20. The van der Waals surface area contributed by atoms with Gasteiger partial charge in [0.05, 0.1) is 0 Å². The molecule has 1 heterocycles. The molecular formula is C14H13Br2N. The van der Waals surface area contributed by atoms with Crippen molar-refractivity contribution in [2.24, 2.45) is 0 Å². The van der Waals surface area contributed by atoms with Crippen LogP contribution in [0.3, 0.4) is 0 Å². The van der Waals surface area contributed by atoms with Gasteiger partial charge in [-0.2, -0.15) is 0 Å². The van der Waals surface area contributed by atoms with Crippen molar-refractivity contribution >= 4 is 31.9 Å². The molecule has 1 unspecified atom stereocenters. The SMILES string of the molecule is Cc1cccc(C(Br)Cc2ccccn2)c1Br. The predicted octanol–water partition coefficient (Wildman–Crippen LogP) is 4.83. The Bertz CT molecular complexity index is 497. The van der Waals surface area contributed by atoms with Crippen molar-refractivity contribution < 1.29 is 0 Å². The summed E-state index contributed by atoms with van der Waals surface area (Å²) in [7, 11) is 0. The molecule has 1 aromatic carbocycles. The van der Waals surface area contributed by atoms with Gasteiger partial charge >= 0.3 is 0 Å². The normalized spacial score (nSPS) is 12.4. The van der Waals surface area contributed by atoms with E-state index in [2.05, 4.69) is 68.0 Å². The highest BCUT2D eigenvalue weighted by molar-refractivity contribution is 9.11. The molecule has 2 aromatic rings. The maximum atomic E-state index is 4.35. The summed E-state index contributed by atoms with van der Waals surface area (Å²) in [6.07, 6.45) is 2.73. The summed E-state index contributed by atoms with van der Waals surface area (Å²) in [5.41, 5.74) is 3.63. The maximum absolute atomic E-state index is 4.35. The minimum atomic E-state index is 0.284. The highest BCUT2D eigenvalue weighted by Gasteiger charge is 2.13. The molecule has 1 aromatic heterocycles. The quantitative estimate of drug-likeness (QED) is 0.719. The Morgan fingerprint density at radius 1 is 1.18 bits per heavy atom. The lowest BCUT2D eigenvalue weighted by atomic mass is 10.1. The van der Waals surface area contributed by atoms with Gasteiger partial charge in [0.2, 0.25) is 0 Å². The van der Waals surface area contributed by atoms with Crippen LogP contribution in [0.15, 0.2) is 47.1 Å². The number of hydrogen-bond acceptors (Lipinski definition) is 1. The van der Waals surface area contributed by atoms with E-state index in [0.29, 0.717) is 0 Å². The maximum Gasteiger partial charge on any atom is 0.0461 e. The van der Waals surface area contributed by atoms with Crippen molar-refractivity contribution in [3.63, 3.8) is 0 Å². The topological polar surface area (TPSA) is 12.9 Å². The van der Waals surface area contributed by atoms with Crippen molar-refractivity contribution in [2.45, 2.75) is 18.2 Å². The second kappa shape index (κ2) is 5.78. The Morgan fingerprint density at radius 3 is 2.71 bits per heavy atom. The number of rotatable bonds is 3. The van der Waals surface area contributed by atoms with E-state index in [1.165, 1.54) is 15.6 Å². The molecule has 0 fully saturated rings. The van der Waals surface area contributed by atoms with Crippen LogP contribution in [0.5, 0.6) is 0 Å². The van der Waals surface area contributed by atoms with Gasteiger partial charge in [0.15, 0.2) is 0 Å². The first-order chi connectivity index (χ1) is 8.18. The number of nitrogens with zero attached hydrogens (tertiary/aromatic N) is 1. The molecule has 2 rings (SSSR count). The van der Waals surface area contributed by atoms with E-state index in [1.54, 1.807) is 0 Å². The summed E-state index contributed by atoms with van der Waals surface area (Å²) in [6, 6.07) is 12.3. The van der Waals surface area contributed by atoms with E-state index in [1.807, 2.05) is 18.3 Å². The van der Waals surface area contributed by atoms with Crippen LogP contribution in [-0.4, -0.2) is 4.98 Å². The molecule has 17 heavy (non-hydrogen) atoms. The Labute approximate surface area is 119 Å². The third kappa shape index (κ3) is 3.17. The summed E-state index contributed by atoms with van der Waals surface area (Å²) in [4.78, 5) is 4.63. The summed E-state index contributed by atoms with van der Waals surface area (Å²) < 4.78 is 1.18. The highest BCUT2D eigenvalue weighted by Crippen LogP contribution is 2.33. The third-order valence-corrected chi connectivity index (χ3v) is 4.57. The first-order valence-electron chi connectivity index (χ1n) is 5.47. The van der Waals surface area contributed by atoms with E-state index in [9.17, 15) is 0 Å². The largest absolute Gasteiger partial charge is 0.261 e. The summed E-state index contributed by atoms with van der Waals surface area (Å²) >= 11 is 7.38. The second-order valence-corrected chi connectivity index (χ2v) is 5.87. The van der Waals surface area contributed by atoms with Crippen LogP contribution in [-0.2, 0) is 6.42 Å². The fourth-order valence-electron chi connectivity index (χ4n) is 1.72. The number of hydrogen-bond donors (Lipinski definition) is 0. The van der Waals surface area contributed by atoms with Crippen LogP contribution in [0, 0.1) is 6.92 Å². The zero-order chi connectivity index (χ0) is 12.3. The number of aromatic nitrogens is 1. The number of benzene rings is 1. The Kier molecular flexibility index (Phi) is 4.35. The molecule has 0 N–H and O–H groups in total. The minimum Gasteiger partial charge on any atom is -0.261 e. The van der Waals surface area contributed by atoms with Crippen molar-refractivity contribution in [1.82, 2.24) is 4.98 Å². The third-order valence-electron chi connectivity index (χ3n) is 2.67. The first-order valence-corrected chi connectivity index (χ1v) is 7.18. The van der Waals surface area contributed by atoms with Crippen LogP contribution < -0.4 is 0 Å². The Hall–Kier alpha value is -0.670. The van der Waals surface area contributed by atoms with E-state index in [4.69, 9.17) is 0 Å². The average molecular weight is 355 g/mol. The summed E-state index contributed by atoms with van der Waals surface area (Å²) in [6.45, 7) is 2.11. The van der Waals surface area contributed by atoms with Gasteiger partial charge in [0.1, 0.15) is 0 Å². The van der Waals surface area contributed by atoms with Gasteiger partial charge in [-0.05, 0) is 30.2 Å². The fraction of sp³-hybridized carbons (Fsp3) is 0.214. The first kappa shape index (κ1) is 12.8. The molecular weight excluding hydrogens is 342 g/mol.